The molecule has 4 rings (SSSR count). The monoisotopic (exact) mass is 494 g/mol. The Labute approximate surface area is 213 Å². The molecule has 0 aliphatic heterocycles. The van der Waals surface area contributed by atoms with Gasteiger partial charge in [-0.2, -0.15) is 0 Å². The van der Waals surface area contributed by atoms with Crippen molar-refractivity contribution in [2.24, 2.45) is 29.1 Å². The molecule has 0 aromatic heterocycles. The maximum atomic E-state index is 13.2. The predicted octanol–water partition coefficient (Wildman–Crippen LogP) is 4.63. The van der Waals surface area contributed by atoms with Crippen molar-refractivity contribution in [2.75, 3.05) is 0 Å². The van der Waals surface area contributed by atoms with Crippen LogP contribution in [0.25, 0.3) is 0 Å². The van der Waals surface area contributed by atoms with E-state index in [2.05, 4.69) is 24.5 Å². The third-order valence-corrected chi connectivity index (χ3v) is 8.88. The van der Waals surface area contributed by atoms with E-state index in [0.717, 1.165) is 36.8 Å². The maximum Gasteiger partial charge on any atom is 0.224 e. The summed E-state index contributed by atoms with van der Waals surface area (Å²) in [5.74, 6) is -0.749. The van der Waals surface area contributed by atoms with E-state index in [9.17, 15) is 19.1 Å². The number of carbonyl (C=O) groups excluding carboxylic acids is 2. The van der Waals surface area contributed by atoms with Gasteiger partial charge in [-0.05, 0) is 72.1 Å². The van der Waals surface area contributed by atoms with Crippen molar-refractivity contribution in [3.05, 3.63) is 71.5 Å². The molecule has 0 radical (unpaired) electrons. The molecule has 6 heteroatoms. The lowest BCUT2D eigenvalue weighted by Gasteiger charge is -2.56. The van der Waals surface area contributed by atoms with Gasteiger partial charge in [0.2, 0.25) is 11.8 Å². The van der Waals surface area contributed by atoms with Crippen molar-refractivity contribution >= 4 is 11.8 Å². The molecule has 2 aliphatic rings. The van der Waals surface area contributed by atoms with Crippen LogP contribution in [0.2, 0.25) is 0 Å². The van der Waals surface area contributed by atoms with Crippen LogP contribution in [0, 0.1) is 34.9 Å². The average molecular weight is 495 g/mol. The van der Waals surface area contributed by atoms with Crippen LogP contribution < -0.4 is 10.6 Å². The second-order valence-corrected chi connectivity index (χ2v) is 11.2. The Balaban J connectivity index is 1.38. The highest BCUT2D eigenvalue weighted by molar-refractivity contribution is 5.79. The van der Waals surface area contributed by atoms with Crippen LogP contribution in [0.5, 0.6) is 0 Å². The first-order chi connectivity index (χ1) is 17.2. The smallest absolute Gasteiger partial charge is 0.224 e. The van der Waals surface area contributed by atoms with Gasteiger partial charge in [-0.25, -0.2) is 4.39 Å². The predicted molar refractivity (Wildman–Crippen MR) is 138 cm³/mol. The normalized spacial score (nSPS) is 30.6. The van der Waals surface area contributed by atoms with E-state index >= 15 is 0 Å². The van der Waals surface area contributed by atoms with E-state index < -0.39 is 6.10 Å². The number of benzene rings is 2. The Kier molecular flexibility index (Phi) is 8.13. The summed E-state index contributed by atoms with van der Waals surface area (Å²) in [6.07, 6.45) is 3.36. The van der Waals surface area contributed by atoms with Crippen LogP contribution in [0.15, 0.2) is 54.6 Å². The van der Waals surface area contributed by atoms with E-state index in [1.807, 2.05) is 37.3 Å². The van der Waals surface area contributed by atoms with Crippen molar-refractivity contribution < 1.29 is 19.1 Å². The number of halogens is 1. The molecule has 0 heterocycles. The number of carbonyl (C=O) groups is 2. The second kappa shape index (κ2) is 11.1. The summed E-state index contributed by atoms with van der Waals surface area (Å²) >= 11 is 0. The second-order valence-electron chi connectivity index (χ2n) is 11.2. The molecule has 0 saturated heterocycles. The van der Waals surface area contributed by atoms with Crippen LogP contribution in [-0.4, -0.2) is 29.1 Å². The summed E-state index contributed by atoms with van der Waals surface area (Å²) in [4.78, 5) is 25.7. The summed E-state index contributed by atoms with van der Waals surface area (Å²) in [5.41, 5.74) is 1.82. The summed E-state index contributed by atoms with van der Waals surface area (Å²) < 4.78 is 13.2. The first kappa shape index (κ1) is 26.3. The molecule has 2 amide bonds. The SMILES string of the molecule is C[C@H]1[C@@H]2[C@@H](O)C([C@H](C)C(=O)NCc3ccc(F)cc3)CC[C@@]2(C)CC[C@@H]1NC(=O)Cc1ccccc1. The zero-order valence-corrected chi connectivity index (χ0v) is 21.5. The van der Waals surface area contributed by atoms with Crippen LogP contribution in [-0.2, 0) is 22.6 Å². The maximum absolute atomic E-state index is 13.2. The number of fused-ring (bicyclic) bond motifs is 1. The summed E-state index contributed by atoms with van der Waals surface area (Å²) in [5, 5.41) is 17.8. The van der Waals surface area contributed by atoms with Gasteiger partial charge in [0.25, 0.3) is 0 Å². The van der Waals surface area contributed by atoms with Crippen molar-refractivity contribution in [1.82, 2.24) is 10.6 Å². The molecule has 3 N–H and O–H groups in total. The summed E-state index contributed by atoms with van der Waals surface area (Å²) in [6, 6.07) is 15.8. The third-order valence-electron chi connectivity index (χ3n) is 8.88. The van der Waals surface area contributed by atoms with Gasteiger partial charge in [-0.1, -0.05) is 63.2 Å². The lowest BCUT2D eigenvalue weighted by molar-refractivity contribution is -0.143. The van der Waals surface area contributed by atoms with E-state index in [4.69, 9.17) is 0 Å². The average Bonchev–Trinajstić information content (AvgIpc) is 2.85. The zero-order valence-electron chi connectivity index (χ0n) is 21.5. The van der Waals surface area contributed by atoms with Crippen molar-refractivity contribution in [2.45, 2.75) is 71.6 Å². The van der Waals surface area contributed by atoms with Gasteiger partial charge in [0, 0.05) is 18.5 Å². The molecule has 36 heavy (non-hydrogen) atoms. The van der Waals surface area contributed by atoms with Crippen molar-refractivity contribution in [3.8, 4) is 0 Å². The molecule has 2 saturated carbocycles. The van der Waals surface area contributed by atoms with E-state index in [0.29, 0.717) is 13.0 Å². The Morgan fingerprint density at radius 1 is 1.06 bits per heavy atom. The Hall–Kier alpha value is -2.73. The molecule has 0 spiro atoms. The molecule has 2 fully saturated rings. The molecule has 5 nitrogen and oxygen atoms in total. The summed E-state index contributed by atoms with van der Waals surface area (Å²) in [7, 11) is 0. The van der Waals surface area contributed by atoms with Crippen LogP contribution >= 0.6 is 0 Å². The number of hydrogen-bond acceptors (Lipinski definition) is 3. The molecule has 2 aliphatic carbocycles. The molecule has 1 unspecified atom stereocenters. The molecule has 2 aromatic carbocycles. The molecular formula is C30H39FN2O3. The first-order valence-electron chi connectivity index (χ1n) is 13.2. The van der Waals surface area contributed by atoms with Gasteiger partial charge in [-0.3, -0.25) is 9.59 Å². The quantitative estimate of drug-likeness (QED) is 0.525. The molecule has 2 aromatic rings. The van der Waals surface area contributed by atoms with Gasteiger partial charge in [-0.15, -0.1) is 0 Å². The fourth-order valence-electron chi connectivity index (χ4n) is 6.68. The molecular weight excluding hydrogens is 455 g/mol. The standard InChI is InChI=1S/C30H39FN2O3/c1-19(29(36)32-18-22-9-11-23(31)12-10-22)24-13-15-30(3)16-14-25(20(2)27(30)28(24)35)33-26(34)17-21-7-5-4-6-8-21/h4-12,19-20,24-25,27-28,35H,13-18H2,1-3H3,(H,32,36)(H,33,34)/t19-,20+,24?,25-,27+,28-,30-/m0/s1. The number of hydrogen-bond donors (Lipinski definition) is 3. The fourth-order valence-corrected chi connectivity index (χ4v) is 6.68. The lowest BCUT2D eigenvalue weighted by atomic mass is 9.51. The lowest BCUT2D eigenvalue weighted by Crippen LogP contribution is -2.58. The Morgan fingerprint density at radius 3 is 2.42 bits per heavy atom. The largest absolute Gasteiger partial charge is 0.392 e. The van der Waals surface area contributed by atoms with Gasteiger partial charge < -0.3 is 15.7 Å². The van der Waals surface area contributed by atoms with E-state index in [1.165, 1.54) is 12.1 Å². The Bertz CT molecular complexity index is 1040. The van der Waals surface area contributed by atoms with Crippen molar-refractivity contribution in [1.29, 1.82) is 0 Å². The minimum Gasteiger partial charge on any atom is -0.392 e. The number of aliphatic hydroxyl groups is 1. The topological polar surface area (TPSA) is 78.4 Å². The van der Waals surface area contributed by atoms with Crippen LogP contribution in [0.4, 0.5) is 4.39 Å². The van der Waals surface area contributed by atoms with E-state index in [1.54, 1.807) is 12.1 Å². The third kappa shape index (κ3) is 5.80. The van der Waals surface area contributed by atoms with Crippen LogP contribution in [0.3, 0.4) is 0 Å². The fraction of sp³-hybridized carbons (Fsp3) is 0.533. The highest BCUT2D eigenvalue weighted by atomic mass is 19.1. The van der Waals surface area contributed by atoms with E-state index in [-0.39, 0.29) is 52.8 Å². The zero-order chi connectivity index (χ0) is 25.9. The van der Waals surface area contributed by atoms with Gasteiger partial charge >= 0.3 is 0 Å². The highest BCUT2D eigenvalue weighted by Crippen LogP contribution is 2.55. The molecule has 194 valence electrons. The number of aliphatic hydroxyl groups excluding tert-OH is 1. The van der Waals surface area contributed by atoms with Gasteiger partial charge in [0.05, 0.1) is 12.5 Å². The molecule has 0 bridgehead atoms. The van der Waals surface area contributed by atoms with Gasteiger partial charge in [0.15, 0.2) is 0 Å². The number of amides is 2. The highest BCUT2D eigenvalue weighted by Gasteiger charge is 2.53. The van der Waals surface area contributed by atoms with Crippen molar-refractivity contribution in [3.63, 3.8) is 0 Å². The van der Waals surface area contributed by atoms with Crippen LogP contribution in [0.1, 0.15) is 57.6 Å². The minimum absolute atomic E-state index is 0.000296. The number of rotatable bonds is 7. The summed E-state index contributed by atoms with van der Waals surface area (Å²) in [6.45, 7) is 6.62. The minimum atomic E-state index is -0.612. The molecule has 7 atom stereocenters. The first-order valence-corrected chi connectivity index (χ1v) is 13.2. The number of nitrogens with one attached hydrogen (secondary N) is 2. The Morgan fingerprint density at radius 2 is 1.72 bits per heavy atom. The van der Waals surface area contributed by atoms with Gasteiger partial charge in [0.1, 0.15) is 5.82 Å².